The molecule has 0 spiro atoms. The van der Waals surface area contributed by atoms with Crippen molar-refractivity contribution < 1.29 is 14.3 Å². The largest absolute Gasteiger partial charge is 0.488 e. The van der Waals surface area contributed by atoms with Crippen molar-refractivity contribution in [1.29, 1.82) is 0 Å². The molecule has 0 atom stereocenters. The van der Waals surface area contributed by atoms with Gasteiger partial charge in [0.2, 0.25) is 0 Å². The van der Waals surface area contributed by atoms with E-state index in [1.54, 1.807) is 13.0 Å². The van der Waals surface area contributed by atoms with E-state index in [0.717, 1.165) is 11.3 Å². The second kappa shape index (κ2) is 6.94. The molecule has 20 heavy (non-hydrogen) atoms. The van der Waals surface area contributed by atoms with Gasteiger partial charge in [-0.2, -0.15) is 0 Å². The van der Waals surface area contributed by atoms with Crippen LogP contribution < -0.4 is 4.74 Å². The van der Waals surface area contributed by atoms with Crippen LogP contribution in [0.15, 0.2) is 42.5 Å². The summed E-state index contributed by atoms with van der Waals surface area (Å²) >= 11 is 0. The Bertz CT molecular complexity index is 490. The number of ether oxygens (including phenoxy) is 2. The van der Waals surface area contributed by atoms with Gasteiger partial charge >= 0.3 is 5.97 Å². The molecule has 0 heterocycles. The van der Waals surface area contributed by atoms with Crippen LogP contribution in [-0.2, 0) is 9.53 Å². The van der Waals surface area contributed by atoms with Crippen LogP contribution in [-0.4, -0.2) is 18.2 Å². The van der Waals surface area contributed by atoms with Gasteiger partial charge in [0.25, 0.3) is 0 Å². The minimum absolute atomic E-state index is 0.200. The highest BCUT2D eigenvalue weighted by atomic mass is 16.5. The van der Waals surface area contributed by atoms with Crippen LogP contribution in [0.4, 0.5) is 0 Å². The third-order valence-electron chi connectivity index (χ3n) is 2.27. The molecule has 0 unspecified atom stereocenters. The fourth-order valence-electron chi connectivity index (χ4n) is 1.43. The number of hydrogen-bond donors (Lipinski definition) is 0. The normalized spacial score (nSPS) is 11.4. The fourth-order valence-corrected chi connectivity index (χ4v) is 1.43. The molecule has 0 bridgehead atoms. The Labute approximate surface area is 120 Å². The Hall–Kier alpha value is -2.03. The van der Waals surface area contributed by atoms with Crippen molar-refractivity contribution in [2.24, 2.45) is 0 Å². The molecule has 1 aromatic carbocycles. The molecule has 0 radical (unpaired) electrons. The van der Waals surface area contributed by atoms with E-state index in [-0.39, 0.29) is 18.2 Å². The Morgan fingerprint density at radius 3 is 2.35 bits per heavy atom. The first-order chi connectivity index (χ1) is 9.28. The lowest BCUT2D eigenvalue weighted by Crippen LogP contribution is -2.22. The van der Waals surface area contributed by atoms with E-state index in [1.807, 2.05) is 51.1 Å². The van der Waals surface area contributed by atoms with Crippen molar-refractivity contribution in [3.05, 3.63) is 48.1 Å². The van der Waals surface area contributed by atoms with Gasteiger partial charge in [0.1, 0.15) is 18.0 Å². The van der Waals surface area contributed by atoms with Crippen molar-refractivity contribution in [3.8, 4) is 5.75 Å². The predicted molar refractivity (Wildman–Crippen MR) is 81.6 cm³/mol. The van der Waals surface area contributed by atoms with Crippen LogP contribution in [0, 0.1) is 0 Å². The topological polar surface area (TPSA) is 35.5 Å². The summed E-state index contributed by atoms with van der Waals surface area (Å²) in [4.78, 5) is 11.2. The Morgan fingerprint density at radius 1 is 1.25 bits per heavy atom. The van der Waals surface area contributed by atoms with Crippen molar-refractivity contribution >= 4 is 12.0 Å². The summed E-state index contributed by atoms with van der Waals surface area (Å²) in [5, 5.41) is 0. The summed E-state index contributed by atoms with van der Waals surface area (Å²) in [5.74, 6) is 0.465. The smallest absolute Gasteiger partial charge is 0.333 e. The molecule has 0 fully saturated rings. The quantitative estimate of drug-likeness (QED) is 0.601. The molecule has 0 amide bonds. The standard InChI is InChI=1S/C17H22O3/c1-13(2)16(18)19-12-6-7-14-8-10-15(11-9-14)20-17(3,4)5/h6-11H,1,12H2,2-5H3. The first kappa shape index (κ1) is 16.0. The molecule has 1 rings (SSSR count). The van der Waals surface area contributed by atoms with E-state index < -0.39 is 0 Å². The van der Waals surface area contributed by atoms with Crippen LogP contribution >= 0.6 is 0 Å². The molecule has 0 saturated carbocycles. The SMILES string of the molecule is C=C(C)C(=O)OCC=Cc1ccc(OC(C)(C)C)cc1. The summed E-state index contributed by atoms with van der Waals surface area (Å²) in [6.07, 6.45) is 3.69. The minimum atomic E-state index is -0.372. The number of esters is 1. The Kier molecular flexibility index (Phi) is 5.56. The number of carbonyl (C=O) groups is 1. The molecule has 0 saturated heterocycles. The monoisotopic (exact) mass is 274 g/mol. The molecule has 3 nitrogen and oxygen atoms in total. The lowest BCUT2D eigenvalue weighted by atomic mass is 10.1. The van der Waals surface area contributed by atoms with E-state index in [9.17, 15) is 4.79 Å². The summed E-state index contributed by atoms with van der Waals surface area (Å²) in [5.41, 5.74) is 1.23. The minimum Gasteiger partial charge on any atom is -0.488 e. The Balaban J connectivity index is 2.49. The maximum absolute atomic E-state index is 11.2. The average molecular weight is 274 g/mol. The summed E-state index contributed by atoms with van der Waals surface area (Å²) in [6.45, 7) is 11.4. The molecule has 1 aromatic rings. The molecule has 3 heteroatoms. The van der Waals surface area contributed by atoms with Gasteiger partial charge in [0.15, 0.2) is 0 Å². The van der Waals surface area contributed by atoms with Gasteiger partial charge in [-0.1, -0.05) is 24.8 Å². The number of rotatable bonds is 5. The highest BCUT2D eigenvalue weighted by Crippen LogP contribution is 2.18. The van der Waals surface area contributed by atoms with Gasteiger partial charge in [-0.25, -0.2) is 4.79 Å². The average Bonchev–Trinajstić information content (AvgIpc) is 2.34. The van der Waals surface area contributed by atoms with Gasteiger partial charge in [0.05, 0.1) is 0 Å². The first-order valence-electron chi connectivity index (χ1n) is 6.56. The summed E-state index contributed by atoms with van der Waals surface area (Å²) < 4.78 is 10.7. The number of carbonyl (C=O) groups excluding carboxylic acids is 1. The molecule has 0 aliphatic rings. The molecule has 0 aliphatic carbocycles. The molecular formula is C17H22O3. The lowest BCUT2D eigenvalue weighted by molar-refractivity contribution is -0.137. The summed E-state index contributed by atoms with van der Waals surface area (Å²) in [6, 6.07) is 7.76. The zero-order valence-corrected chi connectivity index (χ0v) is 12.6. The first-order valence-corrected chi connectivity index (χ1v) is 6.56. The Morgan fingerprint density at radius 2 is 1.85 bits per heavy atom. The van der Waals surface area contributed by atoms with E-state index in [1.165, 1.54) is 0 Å². The second-order valence-corrected chi connectivity index (χ2v) is 5.56. The van der Waals surface area contributed by atoms with Crippen LogP contribution in [0.1, 0.15) is 33.3 Å². The van der Waals surface area contributed by atoms with Gasteiger partial charge in [0, 0.05) is 5.57 Å². The van der Waals surface area contributed by atoms with E-state index in [0.29, 0.717) is 5.57 Å². The lowest BCUT2D eigenvalue weighted by Gasteiger charge is -2.21. The third kappa shape index (κ3) is 6.23. The van der Waals surface area contributed by atoms with Crippen molar-refractivity contribution in [3.63, 3.8) is 0 Å². The van der Waals surface area contributed by atoms with E-state index in [2.05, 4.69) is 6.58 Å². The molecule has 108 valence electrons. The van der Waals surface area contributed by atoms with Crippen LogP contribution in [0.2, 0.25) is 0 Å². The number of hydrogen-bond acceptors (Lipinski definition) is 3. The highest BCUT2D eigenvalue weighted by molar-refractivity contribution is 5.87. The molecule has 0 aromatic heterocycles. The second-order valence-electron chi connectivity index (χ2n) is 5.56. The zero-order chi connectivity index (χ0) is 15.2. The summed E-state index contributed by atoms with van der Waals surface area (Å²) in [7, 11) is 0. The van der Waals surface area contributed by atoms with E-state index >= 15 is 0 Å². The third-order valence-corrected chi connectivity index (χ3v) is 2.27. The highest BCUT2D eigenvalue weighted by Gasteiger charge is 2.10. The van der Waals surface area contributed by atoms with E-state index in [4.69, 9.17) is 9.47 Å². The molecular weight excluding hydrogens is 252 g/mol. The van der Waals surface area contributed by atoms with Gasteiger partial charge in [-0.3, -0.25) is 0 Å². The van der Waals surface area contributed by atoms with Crippen molar-refractivity contribution in [2.75, 3.05) is 6.61 Å². The maximum atomic E-state index is 11.2. The van der Waals surface area contributed by atoms with Gasteiger partial charge in [-0.05, 0) is 51.5 Å². The molecule has 0 N–H and O–H groups in total. The predicted octanol–water partition coefficient (Wildman–Crippen LogP) is 4.00. The number of benzene rings is 1. The maximum Gasteiger partial charge on any atom is 0.333 e. The van der Waals surface area contributed by atoms with Crippen LogP contribution in [0.5, 0.6) is 5.75 Å². The van der Waals surface area contributed by atoms with Gasteiger partial charge < -0.3 is 9.47 Å². The van der Waals surface area contributed by atoms with Gasteiger partial charge in [-0.15, -0.1) is 0 Å². The van der Waals surface area contributed by atoms with Crippen LogP contribution in [0.3, 0.4) is 0 Å². The zero-order valence-electron chi connectivity index (χ0n) is 12.6. The van der Waals surface area contributed by atoms with Crippen LogP contribution in [0.25, 0.3) is 6.08 Å². The molecule has 0 aliphatic heterocycles. The van der Waals surface area contributed by atoms with Crippen molar-refractivity contribution in [2.45, 2.75) is 33.3 Å². The van der Waals surface area contributed by atoms with Crippen molar-refractivity contribution in [1.82, 2.24) is 0 Å². The fraction of sp³-hybridized carbons (Fsp3) is 0.353.